The molecule has 0 saturated carbocycles. The summed E-state index contributed by atoms with van der Waals surface area (Å²) in [6.45, 7) is 3.86. The Hall–Kier alpha value is -2.47. The van der Waals surface area contributed by atoms with Crippen molar-refractivity contribution in [1.29, 1.82) is 0 Å². The first kappa shape index (κ1) is 16.4. The Kier molecular flexibility index (Phi) is 4.76. The number of nitrogens with zero attached hydrogens (tertiary/aromatic N) is 2. The quantitative estimate of drug-likeness (QED) is 0.930. The van der Waals surface area contributed by atoms with E-state index in [0.717, 1.165) is 21.8 Å². The van der Waals surface area contributed by atoms with E-state index in [1.54, 1.807) is 11.1 Å². The zero-order valence-electron chi connectivity index (χ0n) is 13.7. The van der Waals surface area contributed by atoms with Crippen LogP contribution in [0.2, 0.25) is 0 Å². The SMILES string of the molecule is CC(=O)N1C=Cc2ccccc2C1CC(=O)NCc1nc(C)cs1. The van der Waals surface area contributed by atoms with Crippen LogP contribution in [0.5, 0.6) is 0 Å². The summed E-state index contributed by atoms with van der Waals surface area (Å²) < 4.78 is 0. The fourth-order valence-electron chi connectivity index (χ4n) is 2.82. The third-order valence-corrected chi connectivity index (χ3v) is 4.92. The van der Waals surface area contributed by atoms with Crippen molar-refractivity contribution in [1.82, 2.24) is 15.2 Å². The van der Waals surface area contributed by atoms with Crippen molar-refractivity contribution < 1.29 is 9.59 Å². The van der Waals surface area contributed by atoms with Gasteiger partial charge in [-0.3, -0.25) is 9.59 Å². The number of fused-ring (bicyclic) bond motifs is 1. The molecule has 24 heavy (non-hydrogen) atoms. The summed E-state index contributed by atoms with van der Waals surface area (Å²) in [5, 5.41) is 5.74. The van der Waals surface area contributed by atoms with Gasteiger partial charge in [0.05, 0.1) is 19.0 Å². The molecule has 0 radical (unpaired) electrons. The number of hydrogen-bond donors (Lipinski definition) is 1. The Balaban J connectivity index is 1.72. The second-order valence-corrected chi connectivity index (χ2v) is 6.69. The second-order valence-electron chi connectivity index (χ2n) is 5.75. The van der Waals surface area contributed by atoms with Crippen LogP contribution in [0.25, 0.3) is 6.08 Å². The third-order valence-electron chi connectivity index (χ3n) is 3.95. The van der Waals surface area contributed by atoms with Gasteiger partial charge in [0.2, 0.25) is 11.8 Å². The van der Waals surface area contributed by atoms with E-state index in [-0.39, 0.29) is 24.3 Å². The van der Waals surface area contributed by atoms with Crippen LogP contribution in [0.1, 0.15) is 41.2 Å². The summed E-state index contributed by atoms with van der Waals surface area (Å²) in [5.74, 6) is -0.168. The topological polar surface area (TPSA) is 62.3 Å². The smallest absolute Gasteiger partial charge is 0.223 e. The number of carbonyl (C=O) groups is 2. The number of thiazole rings is 1. The normalized spacial score (nSPS) is 15.9. The summed E-state index contributed by atoms with van der Waals surface area (Å²) in [7, 11) is 0. The molecule has 1 N–H and O–H groups in total. The minimum Gasteiger partial charge on any atom is -0.350 e. The lowest BCUT2D eigenvalue weighted by Crippen LogP contribution is -2.35. The van der Waals surface area contributed by atoms with Gasteiger partial charge in [-0.05, 0) is 24.1 Å². The van der Waals surface area contributed by atoms with Gasteiger partial charge in [0, 0.05) is 24.2 Å². The highest BCUT2D eigenvalue weighted by molar-refractivity contribution is 7.09. The molecule has 0 bridgehead atoms. The highest BCUT2D eigenvalue weighted by Crippen LogP contribution is 2.32. The van der Waals surface area contributed by atoms with Gasteiger partial charge in [0.15, 0.2) is 0 Å². The minimum absolute atomic E-state index is 0.0749. The van der Waals surface area contributed by atoms with Crippen molar-refractivity contribution in [2.45, 2.75) is 32.9 Å². The van der Waals surface area contributed by atoms with E-state index in [9.17, 15) is 9.59 Å². The lowest BCUT2D eigenvalue weighted by molar-refractivity contribution is -0.130. The Morgan fingerprint density at radius 3 is 2.83 bits per heavy atom. The highest BCUT2D eigenvalue weighted by atomic mass is 32.1. The summed E-state index contributed by atoms with van der Waals surface area (Å²) in [4.78, 5) is 30.2. The van der Waals surface area contributed by atoms with Crippen molar-refractivity contribution in [2.75, 3.05) is 0 Å². The van der Waals surface area contributed by atoms with Gasteiger partial charge in [-0.1, -0.05) is 24.3 Å². The molecule has 2 heterocycles. The molecule has 1 aromatic carbocycles. The Morgan fingerprint density at radius 1 is 1.33 bits per heavy atom. The monoisotopic (exact) mass is 341 g/mol. The lowest BCUT2D eigenvalue weighted by Gasteiger charge is -2.32. The highest BCUT2D eigenvalue weighted by Gasteiger charge is 2.28. The minimum atomic E-state index is -0.276. The van der Waals surface area contributed by atoms with E-state index in [2.05, 4.69) is 10.3 Å². The molecule has 5 nitrogen and oxygen atoms in total. The number of hydrogen-bond acceptors (Lipinski definition) is 4. The zero-order chi connectivity index (χ0) is 17.1. The summed E-state index contributed by atoms with van der Waals surface area (Å²) in [6, 6.07) is 7.57. The summed E-state index contributed by atoms with van der Waals surface area (Å²) in [5.41, 5.74) is 3.00. The van der Waals surface area contributed by atoms with Crippen LogP contribution in [0.15, 0.2) is 35.8 Å². The largest absolute Gasteiger partial charge is 0.350 e. The number of aryl methyl sites for hydroxylation is 1. The molecule has 0 fully saturated rings. The number of nitrogens with one attached hydrogen (secondary N) is 1. The van der Waals surface area contributed by atoms with Crippen LogP contribution >= 0.6 is 11.3 Å². The Bertz CT molecular complexity index is 797. The molecule has 2 amide bonds. The fourth-order valence-corrected chi connectivity index (χ4v) is 3.53. The average Bonchev–Trinajstić information content (AvgIpc) is 2.98. The summed E-state index contributed by atoms with van der Waals surface area (Å²) >= 11 is 1.53. The summed E-state index contributed by atoms with van der Waals surface area (Å²) in [6.07, 6.45) is 3.89. The Morgan fingerprint density at radius 2 is 2.12 bits per heavy atom. The van der Waals surface area contributed by atoms with E-state index in [0.29, 0.717) is 6.54 Å². The van der Waals surface area contributed by atoms with Crippen LogP contribution in [0.3, 0.4) is 0 Å². The number of carbonyl (C=O) groups excluding carboxylic acids is 2. The van der Waals surface area contributed by atoms with Gasteiger partial charge in [-0.2, -0.15) is 0 Å². The number of amides is 2. The van der Waals surface area contributed by atoms with Crippen molar-refractivity contribution in [3.05, 3.63) is 57.7 Å². The van der Waals surface area contributed by atoms with Gasteiger partial charge in [0.1, 0.15) is 5.01 Å². The fraction of sp³-hybridized carbons (Fsp3) is 0.278. The molecular formula is C18H19N3O2S. The maximum atomic E-state index is 12.4. The molecule has 1 aliphatic heterocycles. The lowest BCUT2D eigenvalue weighted by atomic mass is 9.93. The van der Waals surface area contributed by atoms with Crippen LogP contribution < -0.4 is 5.32 Å². The predicted molar refractivity (Wildman–Crippen MR) is 94.1 cm³/mol. The molecule has 0 spiro atoms. The van der Waals surface area contributed by atoms with Gasteiger partial charge in [0.25, 0.3) is 0 Å². The van der Waals surface area contributed by atoms with Gasteiger partial charge < -0.3 is 10.2 Å². The van der Waals surface area contributed by atoms with Crippen LogP contribution in [-0.4, -0.2) is 21.7 Å². The van der Waals surface area contributed by atoms with Crippen molar-refractivity contribution >= 4 is 29.2 Å². The molecule has 1 unspecified atom stereocenters. The second kappa shape index (κ2) is 6.97. The molecule has 6 heteroatoms. The van der Waals surface area contributed by atoms with Crippen LogP contribution in [-0.2, 0) is 16.1 Å². The molecule has 1 atom stereocenters. The maximum absolute atomic E-state index is 12.4. The maximum Gasteiger partial charge on any atom is 0.223 e. The van der Waals surface area contributed by atoms with Crippen molar-refractivity contribution in [3.8, 4) is 0 Å². The number of rotatable bonds is 4. The molecule has 1 aromatic heterocycles. The van der Waals surface area contributed by atoms with Crippen molar-refractivity contribution in [3.63, 3.8) is 0 Å². The zero-order valence-corrected chi connectivity index (χ0v) is 14.5. The van der Waals surface area contributed by atoms with E-state index in [1.165, 1.54) is 18.3 Å². The number of aromatic nitrogens is 1. The van der Waals surface area contributed by atoms with Gasteiger partial charge in [-0.25, -0.2) is 4.98 Å². The third kappa shape index (κ3) is 3.54. The number of benzene rings is 1. The van der Waals surface area contributed by atoms with Crippen molar-refractivity contribution in [2.24, 2.45) is 0 Å². The van der Waals surface area contributed by atoms with E-state index >= 15 is 0 Å². The molecule has 0 aliphatic carbocycles. The van der Waals surface area contributed by atoms with E-state index < -0.39 is 0 Å². The van der Waals surface area contributed by atoms with Crippen LogP contribution in [0.4, 0.5) is 0 Å². The molecule has 124 valence electrons. The molecule has 3 rings (SSSR count). The predicted octanol–water partition coefficient (Wildman–Crippen LogP) is 3.03. The average molecular weight is 341 g/mol. The van der Waals surface area contributed by atoms with Gasteiger partial charge >= 0.3 is 0 Å². The van der Waals surface area contributed by atoms with E-state index in [4.69, 9.17) is 0 Å². The van der Waals surface area contributed by atoms with E-state index in [1.807, 2.05) is 42.6 Å². The molecule has 0 saturated heterocycles. The van der Waals surface area contributed by atoms with Gasteiger partial charge in [-0.15, -0.1) is 11.3 Å². The first-order valence-corrected chi connectivity index (χ1v) is 8.66. The molecule has 1 aliphatic rings. The first-order chi connectivity index (χ1) is 11.5. The molecular weight excluding hydrogens is 322 g/mol. The molecule has 2 aromatic rings. The standard InChI is InChI=1S/C18H19N3O2S/c1-12-11-24-18(20-12)10-19-17(23)9-16-15-6-4-3-5-14(15)7-8-21(16)13(2)22/h3-8,11,16H,9-10H2,1-2H3,(H,19,23). The van der Waals surface area contributed by atoms with Crippen LogP contribution in [0, 0.1) is 6.92 Å². The first-order valence-electron chi connectivity index (χ1n) is 7.78. The Labute approximate surface area is 145 Å².